The molecule has 3 aromatic carbocycles. The Hall–Kier alpha value is -1.40. The fourth-order valence-electron chi connectivity index (χ4n) is 2.67. The molecule has 0 aliphatic carbocycles. The molecule has 0 aliphatic rings. The van der Waals surface area contributed by atoms with E-state index in [-0.39, 0.29) is 0 Å². The standard InChI is InChI=1S/C22H19Br2Cl2NO2/c1-2-28-21-10-15(12-27-17-7-8-19(25)20(26)11-17)9-18(24)22(21)29-13-14-3-5-16(23)6-4-14/h3-11,27H,2,12-13H2,1H3. The summed E-state index contributed by atoms with van der Waals surface area (Å²) in [6.45, 7) is 3.55. The number of hydrogen-bond donors (Lipinski definition) is 1. The summed E-state index contributed by atoms with van der Waals surface area (Å²) in [5.41, 5.74) is 3.01. The van der Waals surface area contributed by atoms with Gasteiger partial charge in [0, 0.05) is 16.7 Å². The van der Waals surface area contributed by atoms with E-state index in [0.29, 0.717) is 41.3 Å². The van der Waals surface area contributed by atoms with Crippen molar-refractivity contribution in [2.75, 3.05) is 11.9 Å². The van der Waals surface area contributed by atoms with Crippen LogP contribution < -0.4 is 14.8 Å². The lowest BCUT2D eigenvalue weighted by atomic mass is 10.2. The Morgan fingerprint density at radius 1 is 0.862 bits per heavy atom. The fraction of sp³-hybridized carbons (Fsp3) is 0.182. The van der Waals surface area contributed by atoms with Gasteiger partial charge in [0.1, 0.15) is 6.61 Å². The summed E-state index contributed by atoms with van der Waals surface area (Å²) < 4.78 is 13.8. The van der Waals surface area contributed by atoms with Gasteiger partial charge in [0.05, 0.1) is 21.1 Å². The molecule has 7 heteroatoms. The predicted octanol–water partition coefficient (Wildman–Crippen LogP) is 8.11. The quantitative estimate of drug-likeness (QED) is 0.302. The number of anilines is 1. The van der Waals surface area contributed by atoms with Gasteiger partial charge in [-0.1, -0.05) is 51.3 Å². The number of benzene rings is 3. The summed E-state index contributed by atoms with van der Waals surface area (Å²) >= 11 is 19.1. The van der Waals surface area contributed by atoms with Gasteiger partial charge in [-0.15, -0.1) is 0 Å². The Bertz CT molecular complexity index is 981. The molecule has 0 saturated carbocycles. The summed E-state index contributed by atoms with van der Waals surface area (Å²) in [5, 5.41) is 4.39. The third-order valence-electron chi connectivity index (χ3n) is 4.08. The summed E-state index contributed by atoms with van der Waals surface area (Å²) in [7, 11) is 0. The van der Waals surface area contributed by atoms with Crippen LogP contribution in [0.2, 0.25) is 10.0 Å². The first-order chi connectivity index (χ1) is 14.0. The van der Waals surface area contributed by atoms with Crippen LogP contribution >= 0.6 is 55.1 Å². The first-order valence-corrected chi connectivity index (χ1v) is 11.3. The minimum atomic E-state index is 0.451. The normalized spacial score (nSPS) is 10.7. The van der Waals surface area contributed by atoms with E-state index in [1.807, 2.05) is 49.4 Å². The molecule has 0 heterocycles. The van der Waals surface area contributed by atoms with Gasteiger partial charge >= 0.3 is 0 Å². The lowest BCUT2D eigenvalue weighted by Crippen LogP contribution is -2.04. The second-order valence-corrected chi connectivity index (χ2v) is 8.82. The van der Waals surface area contributed by atoms with Crippen molar-refractivity contribution in [3.8, 4) is 11.5 Å². The number of rotatable bonds is 8. The molecule has 3 rings (SSSR count). The van der Waals surface area contributed by atoms with Gasteiger partial charge in [-0.05, 0) is 76.4 Å². The van der Waals surface area contributed by atoms with Crippen molar-refractivity contribution in [2.24, 2.45) is 0 Å². The summed E-state index contributed by atoms with van der Waals surface area (Å²) in [4.78, 5) is 0. The van der Waals surface area contributed by atoms with Crippen LogP contribution in [-0.2, 0) is 13.2 Å². The summed E-state index contributed by atoms with van der Waals surface area (Å²) in [5.74, 6) is 1.39. The number of halogens is 4. The monoisotopic (exact) mass is 557 g/mol. The fourth-order valence-corrected chi connectivity index (χ4v) is 3.84. The van der Waals surface area contributed by atoms with Crippen molar-refractivity contribution in [2.45, 2.75) is 20.1 Å². The van der Waals surface area contributed by atoms with E-state index in [9.17, 15) is 0 Å². The van der Waals surface area contributed by atoms with Crippen LogP contribution in [0.15, 0.2) is 63.5 Å². The molecule has 1 N–H and O–H groups in total. The molecule has 3 nitrogen and oxygen atoms in total. The highest BCUT2D eigenvalue weighted by molar-refractivity contribution is 9.10. The molecular weight excluding hydrogens is 541 g/mol. The van der Waals surface area contributed by atoms with Crippen LogP contribution in [0, 0.1) is 0 Å². The maximum atomic E-state index is 6.08. The first kappa shape index (κ1) is 22.3. The van der Waals surface area contributed by atoms with Crippen molar-refractivity contribution < 1.29 is 9.47 Å². The first-order valence-electron chi connectivity index (χ1n) is 8.97. The van der Waals surface area contributed by atoms with E-state index in [1.165, 1.54) is 0 Å². The van der Waals surface area contributed by atoms with Gasteiger partial charge in [0.15, 0.2) is 11.5 Å². The average molecular weight is 560 g/mol. The second kappa shape index (κ2) is 10.6. The van der Waals surface area contributed by atoms with Crippen LogP contribution in [0.4, 0.5) is 5.69 Å². The minimum Gasteiger partial charge on any atom is -0.490 e. The summed E-state index contributed by atoms with van der Waals surface area (Å²) in [6, 6.07) is 17.5. The molecule has 29 heavy (non-hydrogen) atoms. The summed E-state index contributed by atoms with van der Waals surface area (Å²) in [6.07, 6.45) is 0. The minimum absolute atomic E-state index is 0.451. The Kier molecular flexibility index (Phi) is 8.13. The third kappa shape index (κ3) is 6.29. The highest BCUT2D eigenvalue weighted by Crippen LogP contribution is 2.38. The van der Waals surface area contributed by atoms with E-state index in [1.54, 1.807) is 12.1 Å². The molecule has 0 fully saturated rings. The van der Waals surface area contributed by atoms with Crippen LogP contribution in [0.5, 0.6) is 11.5 Å². The zero-order valence-electron chi connectivity index (χ0n) is 15.6. The van der Waals surface area contributed by atoms with Crippen molar-refractivity contribution in [3.05, 3.63) is 84.7 Å². The van der Waals surface area contributed by atoms with Crippen molar-refractivity contribution >= 4 is 60.7 Å². The molecule has 0 saturated heterocycles. The van der Waals surface area contributed by atoms with Gasteiger partial charge in [0.25, 0.3) is 0 Å². The molecule has 0 atom stereocenters. The molecule has 0 bridgehead atoms. The lowest BCUT2D eigenvalue weighted by molar-refractivity contribution is 0.267. The van der Waals surface area contributed by atoms with E-state index < -0.39 is 0 Å². The second-order valence-electron chi connectivity index (χ2n) is 6.24. The van der Waals surface area contributed by atoms with Crippen molar-refractivity contribution in [1.82, 2.24) is 0 Å². The van der Waals surface area contributed by atoms with Crippen LogP contribution in [0.1, 0.15) is 18.1 Å². The van der Waals surface area contributed by atoms with E-state index in [4.69, 9.17) is 32.7 Å². The van der Waals surface area contributed by atoms with Crippen molar-refractivity contribution in [3.63, 3.8) is 0 Å². The number of hydrogen-bond acceptors (Lipinski definition) is 3. The highest BCUT2D eigenvalue weighted by atomic mass is 79.9. The molecule has 3 aromatic rings. The molecule has 0 unspecified atom stereocenters. The average Bonchev–Trinajstić information content (AvgIpc) is 2.70. The molecule has 0 spiro atoms. The zero-order chi connectivity index (χ0) is 20.8. The topological polar surface area (TPSA) is 30.5 Å². The molecule has 152 valence electrons. The Morgan fingerprint density at radius 3 is 2.31 bits per heavy atom. The SMILES string of the molecule is CCOc1cc(CNc2ccc(Cl)c(Cl)c2)cc(Br)c1OCc1ccc(Br)cc1. The molecule has 0 radical (unpaired) electrons. The molecule has 0 aliphatic heterocycles. The van der Waals surface area contributed by atoms with E-state index >= 15 is 0 Å². The van der Waals surface area contributed by atoms with Crippen LogP contribution in [0.3, 0.4) is 0 Å². The third-order valence-corrected chi connectivity index (χ3v) is 5.94. The Balaban J connectivity index is 1.74. The maximum absolute atomic E-state index is 6.08. The zero-order valence-corrected chi connectivity index (χ0v) is 20.3. The van der Waals surface area contributed by atoms with Gasteiger partial charge < -0.3 is 14.8 Å². The lowest BCUT2D eigenvalue weighted by Gasteiger charge is -2.16. The maximum Gasteiger partial charge on any atom is 0.175 e. The van der Waals surface area contributed by atoms with Gasteiger partial charge in [0.2, 0.25) is 0 Å². The van der Waals surface area contributed by atoms with E-state index in [0.717, 1.165) is 25.8 Å². The van der Waals surface area contributed by atoms with Gasteiger partial charge in [-0.25, -0.2) is 0 Å². The van der Waals surface area contributed by atoms with Crippen molar-refractivity contribution in [1.29, 1.82) is 0 Å². The van der Waals surface area contributed by atoms with E-state index in [2.05, 4.69) is 37.2 Å². The molecule has 0 aromatic heterocycles. The molecule has 0 amide bonds. The van der Waals surface area contributed by atoms with Gasteiger partial charge in [-0.2, -0.15) is 0 Å². The smallest absolute Gasteiger partial charge is 0.175 e. The highest BCUT2D eigenvalue weighted by Gasteiger charge is 2.13. The van der Waals surface area contributed by atoms with Crippen LogP contribution in [-0.4, -0.2) is 6.61 Å². The Morgan fingerprint density at radius 2 is 1.62 bits per heavy atom. The predicted molar refractivity (Wildman–Crippen MR) is 128 cm³/mol. The Labute approximate surface area is 197 Å². The van der Waals surface area contributed by atoms with Gasteiger partial charge in [-0.3, -0.25) is 0 Å². The number of ether oxygens (including phenoxy) is 2. The largest absolute Gasteiger partial charge is 0.490 e. The number of nitrogens with one attached hydrogen (secondary N) is 1. The van der Waals surface area contributed by atoms with Crippen LogP contribution in [0.25, 0.3) is 0 Å². The molecular formula is C22H19Br2Cl2NO2.